The molecule has 0 fully saturated rings. The molecule has 0 saturated carbocycles. The SMILES string of the molecule is CCCC(CC(=O)OC)Nc1ncnc2c1oc1ccccc12. The third kappa shape index (κ3) is 3.11. The van der Waals surface area contributed by atoms with E-state index < -0.39 is 0 Å². The highest BCUT2D eigenvalue weighted by Gasteiger charge is 2.18. The Morgan fingerprint density at radius 3 is 2.96 bits per heavy atom. The lowest BCUT2D eigenvalue weighted by Gasteiger charge is -2.17. The first kappa shape index (κ1) is 15.3. The number of hydrogen-bond donors (Lipinski definition) is 1. The van der Waals surface area contributed by atoms with Crippen LogP contribution in [0.15, 0.2) is 35.0 Å². The highest BCUT2D eigenvalue weighted by atomic mass is 16.5. The van der Waals surface area contributed by atoms with E-state index in [4.69, 9.17) is 9.15 Å². The Balaban J connectivity index is 1.96. The molecule has 1 atom stereocenters. The molecule has 6 heteroatoms. The second kappa shape index (κ2) is 6.64. The van der Waals surface area contributed by atoms with Gasteiger partial charge in [-0.3, -0.25) is 4.79 Å². The van der Waals surface area contributed by atoms with Gasteiger partial charge in [0.25, 0.3) is 0 Å². The van der Waals surface area contributed by atoms with Crippen LogP contribution in [0.1, 0.15) is 26.2 Å². The van der Waals surface area contributed by atoms with Crippen molar-refractivity contribution < 1.29 is 13.9 Å². The lowest BCUT2D eigenvalue weighted by molar-refractivity contribution is -0.140. The summed E-state index contributed by atoms with van der Waals surface area (Å²) in [7, 11) is 1.40. The van der Waals surface area contributed by atoms with Crippen molar-refractivity contribution in [1.29, 1.82) is 0 Å². The largest absolute Gasteiger partial charge is 0.469 e. The average Bonchev–Trinajstić information content (AvgIpc) is 2.95. The number of aromatic nitrogens is 2. The predicted octanol–water partition coefficient (Wildman–Crippen LogP) is 3.52. The fourth-order valence-electron chi connectivity index (χ4n) is 2.68. The lowest BCUT2D eigenvalue weighted by atomic mass is 10.1. The molecule has 3 aromatic rings. The number of furan rings is 1. The van der Waals surface area contributed by atoms with Crippen molar-refractivity contribution >= 4 is 33.9 Å². The molecule has 2 aromatic heterocycles. The molecule has 0 radical (unpaired) electrons. The predicted molar refractivity (Wildman–Crippen MR) is 88.3 cm³/mol. The molecule has 2 heterocycles. The summed E-state index contributed by atoms with van der Waals surface area (Å²) in [6.45, 7) is 2.07. The number of para-hydroxylation sites is 1. The molecule has 23 heavy (non-hydrogen) atoms. The summed E-state index contributed by atoms with van der Waals surface area (Å²) in [6.07, 6.45) is 3.58. The van der Waals surface area contributed by atoms with E-state index in [1.165, 1.54) is 13.4 Å². The van der Waals surface area contributed by atoms with Crippen molar-refractivity contribution in [2.75, 3.05) is 12.4 Å². The molecule has 0 bridgehead atoms. The van der Waals surface area contributed by atoms with Gasteiger partial charge in [-0.1, -0.05) is 25.5 Å². The van der Waals surface area contributed by atoms with E-state index in [0.717, 1.165) is 29.3 Å². The van der Waals surface area contributed by atoms with Crippen LogP contribution in [0, 0.1) is 0 Å². The quantitative estimate of drug-likeness (QED) is 0.702. The maximum atomic E-state index is 11.6. The summed E-state index contributed by atoms with van der Waals surface area (Å²) >= 11 is 0. The van der Waals surface area contributed by atoms with Gasteiger partial charge in [-0.25, -0.2) is 9.97 Å². The maximum Gasteiger partial charge on any atom is 0.307 e. The minimum Gasteiger partial charge on any atom is -0.469 e. The number of methoxy groups -OCH3 is 1. The van der Waals surface area contributed by atoms with E-state index in [0.29, 0.717) is 11.4 Å². The topological polar surface area (TPSA) is 77.2 Å². The lowest BCUT2D eigenvalue weighted by Crippen LogP contribution is -2.24. The Kier molecular flexibility index (Phi) is 4.41. The van der Waals surface area contributed by atoms with Gasteiger partial charge in [0.2, 0.25) is 0 Å². The number of esters is 1. The molecule has 0 amide bonds. The number of ether oxygens (including phenoxy) is 1. The van der Waals surface area contributed by atoms with Gasteiger partial charge in [0.05, 0.1) is 13.5 Å². The molecule has 0 saturated heterocycles. The van der Waals surface area contributed by atoms with Crippen molar-refractivity contribution in [3.05, 3.63) is 30.6 Å². The summed E-state index contributed by atoms with van der Waals surface area (Å²) in [4.78, 5) is 20.2. The number of benzene rings is 1. The third-order valence-electron chi connectivity index (χ3n) is 3.78. The third-order valence-corrected chi connectivity index (χ3v) is 3.78. The van der Waals surface area contributed by atoms with Crippen LogP contribution in [0.5, 0.6) is 0 Å². The van der Waals surface area contributed by atoms with Gasteiger partial charge >= 0.3 is 5.97 Å². The van der Waals surface area contributed by atoms with Crippen molar-refractivity contribution in [2.45, 2.75) is 32.2 Å². The van der Waals surface area contributed by atoms with E-state index in [1.807, 2.05) is 24.3 Å². The van der Waals surface area contributed by atoms with Crippen LogP contribution in [0.2, 0.25) is 0 Å². The van der Waals surface area contributed by atoms with Crippen LogP contribution in [0.25, 0.3) is 22.1 Å². The molecule has 1 aromatic carbocycles. The number of nitrogens with zero attached hydrogens (tertiary/aromatic N) is 2. The van der Waals surface area contributed by atoms with Gasteiger partial charge in [0, 0.05) is 11.4 Å². The molecule has 120 valence electrons. The normalized spacial score (nSPS) is 12.4. The number of carbonyl (C=O) groups is 1. The number of carbonyl (C=O) groups excluding carboxylic acids is 1. The summed E-state index contributed by atoms with van der Waals surface area (Å²) < 4.78 is 10.7. The summed E-state index contributed by atoms with van der Waals surface area (Å²) in [5, 5.41) is 4.26. The van der Waals surface area contributed by atoms with Crippen molar-refractivity contribution in [3.63, 3.8) is 0 Å². The van der Waals surface area contributed by atoms with Crippen LogP contribution >= 0.6 is 0 Å². The zero-order chi connectivity index (χ0) is 16.2. The number of fused-ring (bicyclic) bond motifs is 3. The van der Waals surface area contributed by atoms with Gasteiger partial charge < -0.3 is 14.5 Å². The Morgan fingerprint density at radius 2 is 2.17 bits per heavy atom. The summed E-state index contributed by atoms with van der Waals surface area (Å²) in [6, 6.07) is 7.68. The van der Waals surface area contributed by atoms with Gasteiger partial charge in [-0.2, -0.15) is 0 Å². The molecular weight excluding hydrogens is 294 g/mol. The highest BCUT2D eigenvalue weighted by Crippen LogP contribution is 2.30. The molecule has 0 aliphatic carbocycles. The monoisotopic (exact) mass is 313 g/mol. The zero-order valence-corrected chi connectivity index (χ0v) is 13.2. The first-order valence-electron chi connectivity index (χ1n) is 7.68. The number of anilines is 1. The number of nitrogens with one attached hydrogen (secondary N) is 1. The first-order valence-corrected chi connectivity index (χ1v) is 7.68. The second-order valence-electron chi connectivity index (χ2n) is 5.41. The minimum atomic E-state index is -0.245. The van der Waals surface area contributed by atoms with Crippen molar-refractivity contribution in [1.82, 2.24) is 9.97 Å². The van der Waals surface area contributed by atoms with Crippen LogP contribution in [-0.2, 0) is 9.53 Å². The van der Waals surface area contributed by atoms with Crippen molar-refractivity contribution in [3.8, 4) is 0 Å². The van der Waals surface area contributed by atoms with Crippen LogP contribution in [0.3, 0.4) is 0 Å². The summed E-state index contributed by atoms with van der Waals surface area (Å²) in [5.74, 6) is 0.361. The van der Waals surface area contributed by atoms with Gasteiger partial charge in [-0.15, -0.1) is 0 Å². The molecule has 1 unspecified atom stereocenters. The fraction of sp³-hybridized carbons (Fsp3) is 0.353. The molecular formula is C17H19N3O3. The Bertz CT molecular complexity index is 828. The standard InChI is InChI=1S/C17H19N3O3/c1-3-6-11(9-14(21)22-2)20-17-16-15(18-10-19-17)12-7-4-5-8-13(12)23-16/h4-5,7-8,10-11H,3,6,9H2,1-2H3,(H,18,19,20). The van der Waals surface area contributed by atoms with Crippen LogP contribution < -0.4 is 5.32 Å². The second-order valence-corrected chi connectivity index (χ2v) is 5.41. The average molecular weight is 313 g/mol. The Morgan fingerprint density at radius 1 is 1.35 bits per heavy atom. The zero-order valence-electron chi connectivity index (χ0n) is 13.2. The van der Waals surface area contributed by atoms with Gasteiger partial charge in [0.1, 0.15) is 17.4 Å². The Labute approximate surface area is 133 Å². The summed E-state index contributed by atoms with van der Waals surface area (Å²) in [5.41, 5.74) is 2.15. The highest BCUT2D eigenvalue weighted by molar-refractivity contribution is 6.05. The van der Waals surface area contributed by atoms with E-state index in [9.17, 15) is 4.79 Å². The smallest absolute Gasteiger partial charge is 0.307 e. The molecule has 1 N–H and O–H groups in total. The number of hydrogen-bond acceptors (Lipinski definition) is 6. The fourth-order valence-corrected chi connectivity index (χ4v) is 2.68. The molecule has 6 nitrogen and oxygen atoms in total. The van der Waals surface area contributed by atoms with Crippen LogP contribution in [0.4, 0.5) is 5.82 Å². The van der Waals surface area contributed by atoms with Gasteiger partial charge in [0.15, 0.2) is 11.4 Å². The maximum absolute atomic E-state index is 11.6. The first-order chi connectivity index (χ1) is 11.2. The molecule has 0 aliphatic heterocycles. The number of rotatable bonds is 6. The van der Waals surface area contributed by atoms with E-state index >= 15 is 0 Å². The van der Waals surface area contributed by atoms with E-state index in [2.05, 4.69) is 22.2 Å². The van der Waals surface area contributed by atoms with Gasteiger partial charge in [-0.05, 0) is 18.6 Å². The van der Waals surface area contributed by atoms with Crippen LogP contribution in [-0.4, -0.2) is 29.1 Å². The van der Waals surface area contributed by atoms with E-state index in [1.54, 1.807) is 0 Å². The van der Waals surface area contributed by atoms with E-state index in [-0.39, 0.29) is 18.4 Å². The molecule has 0 aliphatic rings. The molecule has 0 spiro atoms. The Hall–Kier alpha value is -2.63. The van der Waals surface area contributed by atoms with Crippen molar-refractivity contribution in [2.24, 2.45) is 0 Å². The molecule has 3 rings (SSSR count). The minimum absolute atomic E-state index is 0.0567.